The fourth-order valence-corrected chi connectivity index (χ4v) is 1.89. The average molecular weight is 236 g/mol. The Morgan fingerprint density at radius 3 is 2.88 bits per heavy atom. The van der Waals surface area contributed by atoms with E-state index in [-0.39, 0.29) is 6.10 Å². The molecule has 0 saturated carbocycles. The number of fused-ring (bicyclic) bond motifs is 1. The number of rotatable bonds is 5. The molecule has 1 heterocycles. The van der Waals surface area contributed by atoms with Gasteiger partial charge in [0.2, 0.25) is 0 Å². The van der Waals surface area contributed by atoms with Crippen molar-refractivity contribution in [2.75, 3.05) is 40.3 Å². The molecule has 17 heavy (non-hydrogen) atoms. The molecule has 0 spiro atoms. The Morgan fingerprint density at radius 2 is 2.12 bits per heavy atom. The molecule has 4 heteroatoms. The Kier molecular flexibility index (Phi) is 4.23. The summed E-state index contributed by atoms with van der Waals surface area (Å²) in [4.78, 5) is 2.25. The number of ether oxygens (including phenoxy) is 2. The van der Waals surface area contributed by atoms with Crippen LogP contribution >= 0.6 is 0 Å². The number of hydrogen-bond acceptors (Lipinski definition) is 4. The van der Waals surface area contributed by atoms with Crippen LogP contribution in [0.1, 0.15) is 0 Å². The highest BCUT2D eigenvalue weighted by Gasteiger charge is 2.21. The van der Waals surface area contributed by atoms with Gasteiger partial charge in [0.1, 0.15) is 12.7 Å². The summed E-state index contributed by atoms with van der Waals surface area (Å²) in [6.45, 7) is 3.51. The highest BCUT2D eigenvalue weighted by atomic mass is 16.6. The fraction of sp³-hybridized carbons (Fsp3) is 0.538. The molecule has 4 nitrogen and oxygen atoms in total. The minimum absolute atomic E-state index is 0.117. The minimum Gasteiger partial charge on any atom is -0.486 e. The molecular formula is C13H20N2O2. The molecule has 0 bridgehead atoms. The second-order valence-corrected chi connectivity index (χ2v) is 4.36. The van der Waals surface area contributed by atoms with Gasteiger partial charge in [-0.05, 0) is 26.2 Å². The first-order chi connectivity index (χ1) is 8.29. The van der Waals surface area contributed by atoms with Gasteiger partial charge in [-0.2, -0.15) is 0 Å². The van der Waals surface area contributed by atoms with E-state index >= 15 is 0 Å². The van der Waals surface area contributed by atoms with Gasteiger partial charge >= 0.3 is 0 Å². The van der Waals surface area contributed by atoms with Crippen molar-refractivity contribution in [2.24, 2.45) is 0 Å². The van der Waals surface area contributed by atoms with E-state index in [1.807, 2.05) is 31.3 Å². The molecular weight excluding hydrogens is 216 g/mol. The summed E-state index contributed by atoms with van der Waals surface area (Å²) in [7, 11) is 4.06. The summed E-state index contributed by atoms with van der Waals surface area (Å²) in [5, 5.41) is 3.14. The zero-order chi connectivity index (χ0) is 12.1. The van der Waals surface area contributed by atoms with Crippen molar-refractivity contribution in [1.29, 1.82) is 0 Å². The van der Waals surface area contributed by atoms with Gasteiger partial charge in [-0.1, -0.05) is 12.1 Å². The predicted octanol–water partition coefficient (Wildman–Crippen LogP) is 0.978. The molecule has 0 amide bonds. The van der Waals surface area contributed by atoms with Gasteiger partial charge < -0.3 is 19.7 Å². The predicted molar refractivity (Wildman–Crippen MR) is 67.8 cm³/mol. The van der Waals surface area contributed by atoms with Gasteiger partial charge in [0.15, 0.2) is 11.5 Å². The molecule has 1 aliphatic heterocycles. The first-order valence-corrected chi connectivity index (χ1v) is 6.01. The second kappa shape index (κ2) is 5.89. The highest BCUT2D eigenvalue weighted by molar-refractivity contribution is 5.40. The zero-order valence-corrected chi connectivity index (χ0v) is 10.5. The van der Waals surface area contributed by atoms with E-state index in [0.29, 0.717) is 6.61 Å². The van der Waals surface area contributed by atoms with E-state index in [4.69, 9.17) is 9.47 Å². The molecule has 0 saturated heterocycles. The van der Waals surface area contributed by atoms with Crippen molar-refractivity contribution in [3.63, 3.8) is 0 Å². The molecule has 1 atom stereocenters. The number of nitrogens with one attached hydrogen (secondary N) is 1. The Labute approximate surface area is 103 Å². The Morgan fingerprint density at radius 1 is 1.35 bits per heavy atom. The minimum atomic E-state index is 0.117. The largest absolute Gasteiger partial charge is 0.486 e. The molecule has 94 valence electrons. The Balaban J connectivity index is 1.85. The smallest absolute Gasteiger partial charge is 0.161 e. The summed E-state index contributed by atoms with van der Waals surface area (Å²) < 4.78 is 11.6. The van der Waals surface area contributed by atoms with Crippen LogP contribution in [0, 0.1) is 0 Å². The number of nitrogens with zero attached hydrogens (tertiary/aromatic N) is 1. The summed E-state index contributed by atoms with van der Waals surface area (Å²) in [5.74, 6) is 1.70. The highest BCUT2D eigenvalue weighted by Crippen LogP contribution is 2.30. The van der Waals surface area contributed by atoms with Gasteiger partial charge in [0.05, 0.1) is 0 Å². The van der Waals surface area contributed by atoms with Crippen LogP contribution in [-0.4, -0.2) is 51.3 Å². The van der Waals surface area contributed by atoms with Crippen molar-refractivity contribution in [3.05, 3.63) is 24.3 Å². The van der Waals surface area contributed by atoms with Crippen LogP contribution in [0.15, 0.2) is 24.3 Å². The van der Waals surface area contributed by atoms with Gasteiger partial charge in [-0.3, -0.25) is 0 Å². The van der Waals surface area contributed by atoms with Crippen LogP contribution in [0.2, 0.25) is 0 Å². The molecule has 2 rings (SSSR count). The number of likely N-dealkylation sites (N-methyl/N-ethyl adjacent to an activating group) is 2. The SMILES string of the molecule is CNCCN(C)CC1COc2ccccc2O1. The molecule has 0 fully saturated rings. The third-order valence-electron chi connectivity index (χ3n) is 2.83. The van der Waals surface area contributed by atoms with Crippen LogP contribution in [0.4, 0.5) is 0 Å². The quantitative estimate of drug-likeness (QED) is 0.826. The maximum Gasteiger partial charge on any atom is 0.161 e. The summed E-state index contributed by atoms with van der Waals surface area (Å²) in [5.41, 5.74) is 0. The summed E-state index contributed by atoms with van der Waals surface area (Å²) in [6, 6.07) is 7.82. The van der Waals surface area contributed by atoms with E-state index in [9.17, 15) is 0 Å². The van der Waals surface area contributed by atoms with Crippen LogP contribution in [0.25, 0.3) is 0 Å². The van der Waals surface area contributed by atoms with Crippen molar-refractivity contribution >= 4 is 0 Å². The monoisotopic (exact) mass is 236 g/mol. The van der Waals surface area contributed by atoms with Gasteiger partial charge in [-0.15, -0.1) is 0 Å². The van der Waals surface area contributed by atoms with Crippen LogP contribution in [0.3, 0.4) is 0 Å². The number of hydrogen-bond donors (Lipinski definition) is 1. The van der Waals surface area contributed by atoms with E-state index in [0.717, 1.165) is 31.1 Å². The number of para-hydroxylation sites is 2. The van der Waals surface area contributed by atoms with Gasteiger partial charge in [0.25, 0.3) is 0 Å². The molecule has 0 aromatic heterocycles. The van der Waals surface area contributed by atoms with Crippen molar-refractivity contribution in [3.8, 4) is 11.5 Å². The van der Waals surface area contributed by atoms with Crippen molar-refractivity contribution in [1.82, 2.24) is 10.2 Å². The van der Waals surface area contributed by atoms with Crippen LogP contribution in [-0.2, 0) is 0 Å². The van der Waals surface area contributed by atoms with Gasteiger partial charge in [-0.25, -0.2) is 0 Å². The van der Waals surface area contributed by atoms with E-state index in [2.05, 4.69) is 17.3 Å². The molecule has 0 aliphatic carbocycles. The topological polar surface area (TPSA) is 33.7 Å². The van der Waals surface area contributed by atoms with Crippen LogP contribution < -0.4 is 14.8 Å². The van der Waals surface area contributed by atoms with E-state index < -0.39 is 0 Å². The molecule has 1 aromatic carbocycles. The second-order valence-electron chi connectivity index (χ2n) is 4.36. The molecule has 1 aromatic rings. The molecule has 1 unspecified atom stereocenters. The fourth-order valence-electron chi connectivity index (χ4n) is 1.89. The van der Waals surface area contributed by atoms with E-state index in [1.54, 1.807) is 0 Å². The lowest BCUT2D eigenvalue weighted by Gasteiger charge is -2.29. The lowest BCUT2D eigenvalue weighted by Crippen LogP contribution is -2.41. The van der Waals surface area contributed by atoms with Crippen molar-refractivity contribution in [2.45, 2.75) is 6.10 Å². The summed E-state index contributed by atoms with van der Waals surface area (Å²) >= 11 is 0. The Bertz CT molecular complexity index is 357. The summed E-state index contributed by atoms with van der Waals surface area (Å²) in [6.07, 6.45) is 0.117. The number of benzene rings is 1. The van der Waals surface area contributed by atoms with Gasteiger partial charge in [0, 0.05) is 19.6 Å². The molecule has 1 aliphatic rings. The average Bonchev–Trinajstić information content (AvgIpc) is 2.36. The Hall–Kier alpha value is -1.26. The first-order valence-electron chi connectivity index (χ1n) is 6.01. The standard InChI is InChI=1S/C13H20N2O2/c1-14-7-8-15(2)9-11-10-16-12-5-3-4-6-13(12)17-11/h3-6,11,14H,7-10H2,1-2H3. The zero-order valence-electron chi connectivity index (χ0n) is 10.5. The maximum atomic E-state index is 5.90. The lowest BCUT2D eigenvalue weighted by atomic mass is 10.2. The first kappa shape index (κ1) is 12.2. The molecule has 1 N–H and O–H groups in total. The van der Waals surface area contributed by atoms with Crippen LogP contribution in [0.5, 0.6) is 11.5 Å². The third-order valence-corrected chi connectivity index (χ3v) is 2.83. The van der Waals surface area contributed by atoms with Crippen molar-refractivity contribution < 1.29 is 9.47 Å². The third kappa shape index (κ3) is 3.35. The maximum absolute atomic E-state index is 5.90. The molecule has 0 radical (unpaired) electrons. The normalized spacial score (nSPS) is 18.4. The van der Waals surface area contributed by atoms with E-state index in [1.165, 1.54) is 0 Å². The lowest BCUT2D eigenvalue weighted by molar-refractivity contribution is 0.0658.